The number of carboxylic acid groups (broad SMARTS) is 1. The van der Waals surface area contributed by atoms with Crippen molar-refractivity contribution >= 4 is 27.5 Å². The summed E-state index contributed by atoms with van der Waals surface area (Å²) in [5.74, 6) is 3.27. The standard InChI is InChI=1S/C30H34I2NO3/c1-18-24(12-27(34)35)25-11-23(36-16-19-5-3-2-4-6-19)7-8-26(25)33(18)28(32-17-31-32)29-13-20-9-21-10-22(15-29)30(21,29)14-20/h2-8,11,18,20-22,24,28H,9-10,12-17H2,1H3,(H,34,35)/q-1. The number of benzene rings is 2. The SMILES string of the molecule is CC1C(CC(=O)O)c2cc(OCc3ccccc3)ccc2N1C(I1C[I-]1)C12CC3CC4CC(C1)C42C3. The Hall–Kier alpha value is -1.03. The van der Waals surface area contributed by atoms with Gasteiger partial charge in [0.2, 0.25) is 0 Å². The molecule has 1 spiro atoms. The minimum absolute atomic E-state index is 0.0508. The van der Waals surface area contributed by atoms with Gasteiger partial charge in [0.05, 0.1) is 0 Å². The van der Waals surface area contributed by atoms with E-state index in [0.29, 0.717) is 34.7 Å². The molecule has 6 aliphatic rings. The van der Waals surface area contributed by atoms with E-state index in [4.69, 9.17) is 4.74 Å². The van der Waals surface area contributed by atoms with Crippen LogP contribution in [0.15, 0.2) is 48.5 Å². The molecule has 4 saturated carbocycles. The first kappa shape index (κ1) is 22.9. The van der Waals surface area contributed by atoms with Crippen molar-refractivity contribution in [3.63, 3.8) is 0 Å². The van der Waals surface area contributed by atoms with E-state index >= 15 is 0 Å². The van der Waals surface area contributed by atoms with Crippen LogP contribution in [0.25, 0.3) is 0 Å². The van der Waals surface area contributed by atoms with Crippen LogP contribution in [-0.2, 0) is 11.4 Å². The van der Waals surface area contributed by atoms with Gasteiger partial charge in [-0.1, -0.05) is 0 Å². The summed E-state index contributed by atoms with van der Waals surface area (Å²) in [5, 5.41) is 9.89. The first-order valence-electron chi connectivity index (χ1n) is 13.6. The number of aliphatic carboxylic acids is 1. The fraction of sp³-hybridized carbons (Fsp3) is 0.567. The molecular weight excluding hydrogens is 676 g/mol. The molecule has 2 heterocycles. The second-order valence-electron chi connectivity index (χ2n) is 12.3. The molecule has 4 aliphatic carbocycles. The van der Waals surface area contributed by atoms with Gasteiger partial charge in [-0.15, -0.1) is 0 Å². The summed E-state index contributed by atoms with van der Waals surface area (Å²) in [7, 11) is 0. The Kier molecular flexibility index (Phi) is 5.09. The summed E-state index contributed by atoms with van der Waals surface area (Å²) in [6, 6.07) is 17.2. The Labute approximate surface area is 227 Å². The molecule has 36 heavy (non-hydrogen) atoms. The number of halogens is 2. The molecule has 8 rings (SSSR count). The van der Waals surface area contributed by atoms with Crippen LogP contribution in [0.5, 0.6) is 5.75 Å². The molecule has 1 N–H and O–H groups in total. The molecule has 8 atom stereocenters. The molecule has 2 aliphatic heterocycles. The van der Waals surface area contributed by atoms with Crippen molar-refractivity contribution in [2.45, 2.75) is 68.1 Å². The summed E-state index contributed by atoms with van der Waals surface area (Å²) in [5.41, 5.74) is 5.01. The van der Waals surface area contributed by atoms with Crippen molar-refractivity contribution in [1.29, 1.82) is 0 Å². The molecule has 2 aromatic carbocycles. The second kappa shape index (κ2) is 7.99. The van der Waals surface area contributed by atoms with E-state index in [1.807, 2.05) is 18.2 Å². The van der Waals surface area contributed by atoms with Crippen LogP contribution < -0.4 is 26.9 Å². The van der Waals surface area contributed by atoms with Gasteiger partial charge in [-0.25, -0.2) is 0 Å². The summed E-state index contributed by atoms with van der Waals surface area (Å²) in [4.78, 5) is 14.9. The fourth-order valence-electron chi connectivity index (χ4n) is 9.79. The summed E-state index contributed by atoms with van der Waals surface area (Å²) in [6.45, 7) is 2.89. The van der Waals surface area contributed by atoms with Crippen LogP contribution in [0.4, 0.5) is 5.69 Å². The molecule has 5 fully saturated rings. The number of carbonyl (C=O) groups is 1. The van der Waals surface area contributed by atoms with Gasteiger partial charge in [-0.2, -0.15) is 0 Å². The Morgan fingerprint density at radius 3 is 2.72 bits per heavy atom. The molecule has 8 unspecified atom stereocenters. The van der Waals surface area contributed by atoms with E-state index in [-0.39, 0.29) is 18.4 Å². The zero-order valence-corrected chi connectivity index (χ0v) is 25.0. The van der Waals surface area contributed by atoms with Crippen molar-refractivity contribution in [3.8, 4) is 5.75 Å². The molecule has 4 nitrogen and oxygen atoms in total. The first-order chi connectivity index (χ1) is 17.5. The van der Waals surface area contributed by atoms with E-state index in [1.54, 1.807) is 2.43 Å². The van der Waals surface area contributed by atoms with Gasteiger partial charge in [0.25, 0.3) is 0 Å². The number of anilines is 1. The number of ether oxygens (including phenoxy) is 1. The molecule has 2 aromatic rings. The summed E-state index contributed by atoms with van der Waals surface area (Å²) < 4.78 is 8.63. The average Bonchev–Trinajstić information content (AvgIpc) is 3.50. The molecule has 0 aromatic heterocycles. The molecule has 192 valence electrons. The number of alkyl halides is 3. The maximum atomic E-state index is 12.0. The third kappa shape index (κ3) is 3.00. The number of hydrogen-bond acceptors (Lipinski definition) is 3. The average molecular weight is 710 g/mol. The third-order valence-electron chi connectivity index (χ3n) is 10.9. The Morgan fingerprint density at radius 1 is 1.17 bits per heavy atom. The number of fused-ring (bicyclic) bond motifs is 2. The first-order valence-corrected chi connectivity index (χ1v) is 24.1. The normalized spacial score (nSPS) is 40.4. The molecule has 6 heteroatoms. The van der Waals surface area contributed by atoms with Gasteiger partial charge < -0.3 is 0 Å². The Morgan fingerprint density at radius 2 is 2.00 bits per heavy atom. The number of nitrogens with zero attached hydrogens (tertiary/aromatic N) is 1. The minimum atomic E-state index is -0.915. The van der Waals surface area contributed by atoms with Gasteiger partial charge in [0.1, 0.15) is 0 Å². The van der Waals surface area contributed by atoms with E-state index in [2.05, 4.69) is 42.2 Å². The molecule has 2 bridgehead atoms. The van der Waals surface area contributed by atoms with Crippen LogP contribution in [0, 0.1) is 28.6 Å². The summed E-state index contributed by atoms with van der Waals surface area (Å²) >= 11 is -0.455. The van der Waals surface area contributed by atoms with E-state index < -0.39 is 21.8 Å². The zero-order valence-electron chi connectivity index (χ0n) is 20.7. The number of hydrogen-bond donors (Lipinski definition) is 1. The number of carboxylic acids is 1. The quantitative estimate of drug-likeness (QED) is 0.259. The molecule has 1 saturated heterocycles. The predicted octanol–water partition coefficient (Wildman–Crippen LogP) is 3.67. The Bertz CT molecular complexity index is 1230. The van der Waals surface area contributed by atoms with Crippen molar-refractivity contribution in [3.05, 3.63) is 59.7 Å². The Balaban J connectivity index is 1.16. The van der Waals surface area contributed by atoms with Crippen LogP contribution in [0.2, 0.25) is 0 Å². The topological polar surface area (TPSA) is 49.8 Å². The fourth-order valence-corrected chi connectivity index (χ4v) is 29.7. The molecule has 0 radical (unpaired) electrons. The summed E-state index contributed by atoms with van der Waals surface area (Å²) in [6.07, 6.45) is 7.76. The van der Waals surface area contributed by atoms with Crippen LogP contribution in [0.1, 0.15) is 62.5 Å². The van der Waals surface area contributed by atoms with Crippen LogP contribution in [0.3, 0.4) is 0 Å². The number of rotatable bonds is 8. The van der Waals surface area contributed by atoms with Crippen molar-refractivity contribution < 1.29 is 31.9 Å². The zero-order chi connectivity index (χ0) is 24.2. The van der Waals surface area contributed by atoms with Crippen molar-refractivity contribution in [2.75, 3.05) is 7.33 Å². The van der Waals surface area contributed by atoms with Gasteiger partial charge in [0, 0.05) is 0 Å². The van der Waals surface area contributed by atoms with Gasteiger partial charge in [-0.3, -0.25) is 0 Å². The molecule has 0 amide bonds. The monoisotopic (exact) mass is 710 g/mol. The van der Waals surface area contributed by atoms with E-state index in [0.717, 1.165) is 33.1 Å². The predicted molar refractivity (Wildman–Crippen MR) is 145 cm³/mol. The van der Waals surface area contributed by atoms with Crippen LogP contribution in [-0.4, -0.2) is 23.6 Å². The maximum absolute atomic E-state index is 12.0. The van der Waals surface area contributed by atoms with Crippen LogP contribution >= 0.6 is 15.8 Å². The second-order valence-corrected chi connectivity index (χ2v) is 31.3. The van der Waals surface area contributed by atoms with Gasteiger partial charge >= 0.3 is 229 Å². The van der Waals surface area contributed by atoms with Crippen molar-refractivity contribution in [1.82, 2.24) is 0 Å². The molecular formula is C30H34I2NO3-. The van der Waals surface area contributed by atoms with E-state index in [9.17, 15) is 9.90 Å². The van der Waals surface area contributed by atoms with Gasteiger partial charge in [-0.05, 0) is 0 Å². The third-order valence-corrected chi connectivity index (χ3v) is 26.6. The van der Waals surface area contributed by atoms with E-state index in [1.165, 1.54) is 43.4 Å². The van der Waals surface area contributed by atoms with Gasteiger partial charge in [0.15, 0.2) is 0 Å². The van der Waals surface area contributed by atoms with Crippen molar-refractivity contribution in [2.24, 2.45) is 28.6 Å².